The zero-order chi connectivity index (χ0) is 11.1. The van der Waals surface area contributed by atoms with Crippen molar-refractivity contribution >= 4 is 0 Å². The van der Waals surface area contributed by atoms with Crippen LogP contribution in [0.5, 0.6) is 0 Å². The van der Waals surface area contributed by atoms with Crippen molar-refractivity contribution in [3.63, 3.8) is 0 Å². The Morgan fingerprint density at radius 1 is 1.27 bits per heavy atom. The Morgan fingerprint density at radius 3 is 2.33 bits per heavy atom. The Kier molecular flexibility index (Phi) is 6.17. The van der Waals surface area contributed by atoms with Gasteiger partial charge >= 0.3 is 0 Å². The lowest BCUT2D eigenvalue weighted by atomic mass is 10.0. The highest BCUT2D eigenvalue weighted by Crippen LogP contribution is 2.12. The molecule has 1 aliphatic heterocycles. The van der Waals surface area contributed by atoms with Crippen molar-refractivity contribution in [3.8, 4) is 0 Å². The van der Waals surface area contributed by atoms with Crippen LogP contribution in [0.2, 0.25) is 0 Å². The topological polar surface area (TPSA) is 33.7 Å². The first-order valence-electron chi connectivity index (χ1n) is 5.82. The number of nitrogens with zero attached hydrogens (tertiary/aromatic N) is 1. The highest BCUT2D eigenvalue weighted by molar-refractivity contribution is 4.77. The Balaban J connectivity index is 2.38. The SMILES string of the molecule is CCN(CC(OC)OC)C1CCNCC1. The van der Waals surface area contributed by atoms with Crippen molar-refractivity contribution in [2.75, 3.05) is 40.4 Å². The van der Waals surface area contributed by atoms with Gasteiger partial charge in [-0.25, -0.2) is 0 Å². The van der Waals surface area contributed by atoms with E-state index in [4.69, 9.17) is 9.47 Å². The highest BCUT2D eigenvalue weighted by Gasteiger charge is 2.22. The molecule has 4 heteroatoms. The van der Waals surface area contributed by atoms with Gasteiger partial charge < -0.3 is 14.8 Å². The largest absolute Gasteiger partial charge is 0.355 e. The summed E-state index contributed by atoms with van der Waals surface area (Å²) in [5.74, 6) is 0. The van der Waals surface area contributed by atoms with Crippen LogP contribution in [0.1, 0.15) is 19.8 Å². The minimum atomic E-state index is -0.0974. The van der Waals surface area contributed by atoms with Crippen molar-refractivity contribution in [2.24, 2.45) is 0 Å². The summed E-state index contributed by atoms with van der Waals surface area (Å²) in [6.45, 7) is 6.39. The summed E-state index contributed by atoms with van der Waals surface area (Å²) in [4.78, 5) is 2.46. The smallest absolute Gasteiger partial charge is 0.169 e. The van der Waals surface area contributed by atoms with Crippen LogP contribution in [0.25, 0.3) is 0 Å². The average molecular weight is 216 g/mol. The van der Waals surface area contributed by atoms with E-state index in [0.717, 1.165) is 26.2 Å². The molecular weight excluding hydrogens is 192 g/mol. The first-order chi connectivity index (χ1) is 7.31. The molecule has 90 valence electrons. The van der Waals surface area contributed by atoms with Crippen LogP contribution in [-0.2, 0) is 9.47 Å². The molecule has 1 N–H and O–H groups in total. The van der Waals surface area contributed by atoms with Gasteiger partial charge in [0.25, 0.3) is 0 Å². The van der Waals surface area contributed by atoms with Gasteiger partial charge in [-0.15, -0.1) is 0 Å². The normalized spacial score (nSPS) is 19.0. The first-order valence-corrected chi connectivity index (χ1v) is 5.82. The van der Waals surface area contributed by atoms with Gasteiger partial charge in [-0.2, -0.15) is 0 Å². The van der Waals surface area contributed by atoms with Crippen LogP contribution in [0.15, 0.2) is 0 Å². The van der Waals surface area contributed by atoms with Gasteiger partial charge in [-0.1, -0.05) is 6.92 Å². The molecule has 0 radical (unpaired) electrons. The van der Waals surface area contributed by atoms with Gasteiger partial charge in [0, 0.05) is 26.8 Å². The predicted octanol–water partition coefficient (Wildman–Crippen LogP) is 0.679. The molecule has 0 bridgehead atoms. The van der Waals surface area contributed by atoms with E-state index in [1.54, 1.807) is 14.2 Å². The summed E-state index contributed by atoms with van der Waals surface area (Å²) in [5.41, 5.74) is 0. The first kappa shape index (κ1) is 12.9. The monoisotopic (exact) mass is 216 g/mol. The zero-order valence-electron chi connectivity index (χ0n) is 10.2. The van der Waals surface area contributed by atoms with E-state index in [-0.39, 0.29) is 6.29 Å². The molecule has 1 fully saturated rings. The van der Waals surface area contributed by atoms with Crippen LogP contribution < -0.4 is 5.32 Å². The number of rotatable bonds is 6. The van der Waals surface area contributed by atoms with Crippen LogP contribution in [0.4, 0.5) is 0 Å². The summed E-state index contributed by atoms with van der Waals surface area (Å²) < 4.78 is 10.5. The zero-order valence-corrected chi connectivity index (χ0v) is 10.2. The van der Waals surface area contributed by atoms with E-state index in [9.17, 15) is 0 Å². The molecule has 1 aliphatic rings. The maximum atomic E-state index is 5.24. The molecule has 0 saturated carbocycles. The molecule has 0 unspecified atom stereocenters. The number of nitrogens with one attached hydrogen (secondary N) is 1. The van der Waals surface area contributed by atoms with Crippen LogP contribution in [-0.4, -0.2) is 57.6 Å². The highest BCUT2D eigenvalue weighted by atomic mass is 16.7. The van der Waals surface area contributed by atoms with Gasteiger partial charge in [0.15, 0.2) is 6.29 Å². The fraction of sp³-hybridized carbons (Fsp3) is 1.00. The third-order valence-corrected chi connectivity index (χ3v) is 3.14. The van der Waals surface area contributed by atoms with Crippen molar-refractivity contribution in [3.05, 3.63) is 0 Å². The average Bonchev–Trinajstić information content (AvgIpc) is 2.32. The van der Waals surface area contributed by atoms with E-state index in [1.807, 2.05) is 0 Å². The number of piperidine rings is 1. The van der Waals surface area contributed by atoms with E-state index >= 15 is 0 Å². The molecule has 1 rings (SSSR count). The van der Waals surface area contributed by atoms with Gasteiger partial charge in [-0.3, -0.25) is 4.90 Å². The van der Waals surface area contributed by atoms with Crippen molar-refractivity contribution in [1.29, 1.82) is 0 Å². The van der Waals surface area contributed by atoms with Crippen LogP contribution in [0, 0.1) is 0 Å². The molecule has 0 aliphatic carbocycles. The second-order valence-electron chi connectivity index (χ2n) is 3.97. The summed E-state index contributed by atoms with van der Waals surface area (Å²) in [7, 11) is 3.40. The molecule has 1 heterocycles. The molecule has 0 atom stereocenters. The second-order valence-corrected chi connectivity index (χ2v) is 3.97. The molecule has 0 spiro atoms. The summed E-state index contributed by atoms with van der Waals surface area (Å²) >= 11 is 0. The van der Waals surface area contributed by atoms with Gasteiger partial charge in [0.1, 0.15) is 0 Å². The predicted molar refractivity (Wildman–Crippen MR) is 60.9 cm³/mol. The third kappa shape index (κ3) is 4.07. The number of ether oxygens (including phenoxy) is 2. The Morgan fingerprint density at radius 2 is 1.87 bits per heavy atom. The molecule has 0 amide bonds. The maximum Gasteiger partial charge on any atom is 0.169 e. The number of hydrogen-bond acceptors (Lipinski definition) is 4. The molecule has 0 aromatic heterocycles. The number of likely N-dealkylation sites (N-methyl/N-ethyl adjacent to an activating group) is 1. The molecule has 15 heavy (non-hydrogen) atoms. The quantitative estimate of drug-likeness (QED) is 0.662. The molecule has 1 saturated heterocycles. The third-order valence-electron chi connectivity index (χ3n) is 3.14. The van der Waals surface area contributed by atoms with Gasteiger partial charge in [0.05, 0.1) is 0 Å². The van der Waals surface area contributed by atoms with Crippen LogP contribution >= 0.6 is 0 Å². The number of methoxy groups -OCH3 is 2. The lowest BCUT2D eigenvalue weighted by Gasteiger charge is -2.35. The van der Waals surface area contributed by atoms with Crippen molar-refractivity contribution < 1.29 is 9.47 Å². The van der Waals surface area contributed by atoms with Crippen molar-refractivity contribution in [1.82, 2.24) is 10.2 Å². The fourth-order valence-electron chi connectivity index (χ4n) is 2.14. The molecule has 0 aromatic carbocycles. The number of hydrogen-bond donors (Lipinski definition) is 1. The summed E-state index contributed by atoms with van der Waals surface area (Å²) in [6, 6.07) is 0.684. The Bertz CT molecular complexity index is 157. The van der Waals surface area contributed by atoms with Gasteiger partial charge in [0.2, 0.25) is 0 Å². The molecule has 4 nitrogen and oxygen atoms in total. The summed E-state index contributed by atoms with van der Waals surface area (Å²) in [6.07, 6.45) is 2.36. The lowest BCUT2D eigenvalue weighted by molar-refractivity contribution is -0.121. The standard InChI is InChI=1S/C11H24N2O2/c1-4-13(9-11(14-2)15-3)10-5-7-12-8-6-10/h10-12H,4-9H2,1-3H3. The fourth-order valence-corrected chi connectivity index (χ4v) is 2.14. The van der Waals surface area contributed by atoms with Gasteiger partial charge in [-0.05, 0) is 32.5 Å². The minimum Gasteiger partial charge on any atom is -0.355 e. The Hall–Kier alpha value is -0.160. The molecular formula is C11H24N2O2. The van der Waals surface area contributed by atoms with Crippen LogP contribution in [0.3, 0.4) is 0 Å². The summed E-state index contributed by atoms with van der Waals surface area (Å²) in [5, 5.41) is 3.39. The van der Waals surface area contributed by atoms with E-state index in [1.165, 1.54) is 12.8 Å². The van der Waals surface area contributed by atoms with E-state index < -0.39 is 0 Å². The van der Waals surface area contributed by atoms with E-state index in [2.05, 4.69) is 17.1 Å². The molecule has 0 aromatic rings. The maximum absolute atomic E-state index is 5.24. The lowest BCUT2D eigenvalue weighted by Crippen LogP contribution is -2.46. The second kappa shape index (κ2) is 7.17. The Labute approximate surface area is 92.9 Å². The van der Waals surface area contributed by atoms with E-state index in [0.29, 0.717) is 6.04 Å². The minimum absolute atomic E-state index is 0.0974. The van der Waals surface area contributed by atoms with Crippen molar-refractivity contribution in [2.45, 2.75) is 32.1 Å².